The minimum absolute atomic E-state index is 0.0323. The van der Waals surface area contributed by atoms with Crippen molar-refractivity contribution in [2.24, 2.45) is 0 Å². The standard InChI is InChI=1S/C21H24N4O6S2/c1-29-16-10-6-7-11-17(16)31-18-19(23-21(32-2)24-20(18)30-13-12-26)25-33(27,28)22-14-15-8-4-3-5-9-15/h3-11,22,26H,12-14H2,1-2H3,(H,23,24,25). The Hall–Kier alpha value is -3.06. The zero-order valence-electron chi connectivity index (χ0n) is 18.0. The van der Waals surface area contributed by atoms with Crippen LogP contribution in [0.1, 0.15) is 5.56 Å². The molecule has 33 heavy (non-hydrogen) atoms. The maximum absolute atomic E-state index is 12.8. The van der Waals surface area contributed by atoms with Gasteiger partial charge < -0.3 is 19.3 Å². The summed E-state index contributed by atoms with van der Waals surface area (Å²) in [7, 11) is -2.56. The third-order valence-corrected chi connectivity index (χ3v) is 5.68. The average molecular weight is 493 g/mol. The largest absolute Gasteiger partial charge is 0.493 e. The van der Waals surface area contributed by atoms with Gasteiger partial charge in [0.05, 0.1) is 13.7 Å². The number of nitrogens with zero attached hydrogens (tertiary/aromatic N) is 2. The highest BCUT2D eigenvalue weighted by atomic mass is 32.2. The highest BCUT2D eigenvalue weighted by molar-refractivity contribution is 7.98. The number of nitrogens with one attached hydrogen (secondary N) is 2. The number of benzene rings is 2. The predicted octanol–water partition coefficient (Wildman–Crippen LogP) is 2.82. The number of ether oxygens (including phenoxy) is 3. The van der Waals surface area contributed by atoms with Gasteiger partial charge in [-0.25, -0.2) is 4.98 Å². The predicted molar refractivity (Wildman–Crippen MR) is 125 cm³/mol. The van der Waals surface area contributed by atoms with E-state index in [1.54, 1.807) is 42.7 Å². The molecule has 3 N–H and O–H groups in total. The number of aliphatic hydroxyl groups excluding tert-OH is 1. The van der Waals surface area contributed by atoms with Crippen LogP contribution in [0.15, 0.2) is 59.8 Å². The number of para-hydroxylation sites is 2. The van der Waals surface area contributed by atoms with Crippen LogP contribution in [0.4, 0.5) is 5.82 Å². The molecule has 12 heteroatoms. The van der Waals surface area contributed by atoms with E-state index < -0.39 is 10.2 Å². The summed E-state index contributed by atoms with van der Waals surface area (Å²) in [6.45, 7) is -0.273. The molecule has 0 fully saturated rings. The summed E-state index contributed by atoms with van der Waals surface area (Å²) in [6, 6.07) is 15.9. The zero-order chi connectivity index (χ0) is 23.7. The van der Waals surface area contributed by atoms with Gasteiger partial charge >= 0.3 is 10.2 Å². The van der Waals surface area contributed by atoms with E-state index in [2.05, 4.69) is 19.4 Å². The molecular weight excluding hydrogens is 468 g/mol. The Labute approximate surface area is 196 Å². The number of methoxy groups -OCH3 is 1. The topological polar surface area (TPSA) is 132 Å². The van der Waals surface area contributed by atoms with Crippen LogP contribution >= 0.6 is 11.8 Å². The molecule has 0 saturated heterocycles. The monoisotopic (exact) mass is 492 g/mol. The Kier molecular flexibility index (Phi) is 8.72. The highest BCUT2D eigenvalue weighted by Gasteiger charge is 2.23. The molecule has 176 valence electrons. The van der Waals surface area contributed by atoms with Crippen LogP contribution in [0.3, 0.4) is 0 Å². The maximum Gasteiger partial charge on any atom is 0.300 e. The zero-order valence-corrected chi connectivity index (χ0v) is 19.6. The van der Waals surface area contributed by atoms with E-state index in [-0.39, 0.29) is 42.4 Å². The van der Waals surface area contributed by atoms with Crippen molar-refractivity contribution in [2.45, 2.75) is 11.7 Å². The van der Waals surface area contributed by atoms with Gasteiger partial charge in [0.15, 0.2) is 22.5 Å². The molecule has 10 nitrogen and oxygen atoms in total. The van der Waals surface area contributed by atoms with E-state index >= 15 is 0 Å². The van der Waals surface area contributed by atoms with Gasteiger partial charge in [-0.15, -0.1) is 0 Å². The Morgan fingerprint density at radius 1 is 1.03 bits per heavy atom. The average Bonchev–Trinajstić information content (AvgIpc) is 2.83. The van der Waals surface area contributed by atoms with Crippen LogP contribution in [-0.4, -0.2) is 50.1 Å². The fourth-order valence-corrected chi connectivity index (χ4v) is 3.83. The molecule has 0 atom stereocenters. The van der Waals surface area contributed by atoms with Crippen molar-refractivity contribution in [1.29, 1.82) is 0 Å². The van der Waals surface area contributed by atoms with Crippen molar-refractivity contribution in [3.8, 4) is 23.1 Å². The van der Waals surface area contributed by atoms with E-state index in [0.29, 0.717) is 11.5 Å². The summed E-state index contributed by atoms with van der Waals surface area (Å²) in [5.74, 6) is 0.474. The van der Waals surface area contributed by atoms with Gasteiger partial charge in [0.1, 0.15) is 6.61 Å². The number of thioether (sulfide) groups is 1. The van der Waals surface area contributed by atoms with Crippen LogP contribution in [-0.2, 0) is 16.8 Å². The van der Waals surface area contributed by atoms with Gasteiger partial charge in [0.25, 0.3) is 5.88 Å². The number of aromatic nitrogens is 2. The van der Waals surface area contributed by atoms with Crippen LogP contribution in [0.2, 0.25) is 0 Å². The van der Waals surface area contributed by atoms with Crippen LogP contribution < -0.4 is 23.7 Å². The normalized spacial score (nSPS) is 11.1. The first-order chi connectivity index (χ1) is 16.0. The van der Waals surface area contributed by atoms with Crippen LogP contribution in [0, 0.1) is 0 Å². The second-order valence-electron chi connectivity index (χ2n) is 6.43. The maximum atomic E-state index is 12.8. The SMILES string of the molecule is COc1ccccc1Oc1c(NS(=O)(=O)NCc2ccccc2)nc(SC)nc1OCCO. The van der Waals surface area contributed by atoms with Crippen molar-refractivity contribution < 1.29 is 27.7 Å². The van der Waals surface area contributed by atoms with Crippen molar-refractivity contribution in [3.05, 3.63) is 60.2 Å². The highest BCUT2D eigenvalue weighted by Crippen LogP contribution is 2.40. The summed E-state index contributed by atoms with van der Waals surface area (Å²) in [5.41, 5.74) is 0.785. The molecule has 0 radical (unpaired) electrons. The molecule has 1 heterocycles. The first-order valence-corrected chi connectivity index (χ1v) is 12.5. The fraction of sp³-hybridized carbons (Fsp3) is 0.238. The Morgan fingerprint density at radius 2 is 1.73 bits per heavy atom. The van der Waals surface area contributed by atoms with Gasteiger partial charge in [-0.2, -0.15) is 18.1 Å². The first kappa shape index (κ1) is 24.6. The number of hydrogen-bond donors (Lipinski definition) is 3. The summed E-state index contributed by atoms with van der Waals surface area (Å²) in [4.78, 5) is 8.53. The second kappa shape index (κ2) is 11.7. The van der Waals surface area contributed by atoms with Gasteiger partial charge in [-0.05, 0) is 24.0 Å². The summed E-state index contributed by atoms with van der Waals surface area (Å²) < 4.78 is 47.2. The van der Waals surface area contributed by atoms with E-state index in [1.807, 2.05) is 18.2 Å². The van der Waals surface area contributed by atoms with Gasteiger partial charge in [-0.1, -0.05) is 54.2 Å². The summed E-state index contributed by atoms with van der Waals surface area (Å²) >= 11 is 1.19. The lowest BCUT2D eigenvalue weighted by molar-refractivity contribution is 0.191. The third kappa shape index (κ3) is 6.96. The van der Waals surface area contributed by atoms with Crippen molar-refractivity contribution >= 4 is 27.8 Å². The van der Waals surface area contributed by atoms with Crippen molar-refractivity contribution in [3.63, 3.8) is 0 Å². The lowest BCUT2D eigenvalue weighted by Crippen LogP contribution is -2.30. The Bertz CT molecular complexity index is 1160. The molecule has 0 aliphatic heterocycles. The minimum Gasteiger partial charge on any atom is -0.493 e. The first-order valence-electron chi connectivity index (χ1n) is 9.77. The Balaban J connectivity index is 1.97. The molecule has 2 aromatic carbocycles. The van der Waals surface area contributed by atoms with Gasteiger partial charge in [0.2, 0.25) is 5.75 Å². The summed E-state index contributed by atoms with van der Waals surface area (Å²) in [5, 5.41) is 9.44. The molecule has 1 aromatic heterocycles. The molecule has 3 aromatic rings. The van der Waals surface area contributed by atoms with E-state index in [0.717, 1.165) is 5.56 Å². The van der Waals surface area contributed by atoms with Gasteiger partial charge in [0, 0.05) is 6.54 Å². The number of hydrogen-bond acceptors (Lipinski definition) is 9. The second-order valence-corrected chi connectivity index (χ2v) is 8.70. The molecular formula is C21H24N4O6S2. The van der Waals surface area contributed by atoms with E-state index in [4.69, 9.17) is 14.2 Å². The molecule has 0 saturated carbocycles. The molecule has 0 bridgehead atoms. The van der Waals surface area contributed by atoms with E-state index in [1.165, 1.54) is 18.9 Å². The fourth-order valence-electron chi connectivity index (χ4n) is 2.65. The minimum atomic E-state index is -4.04. The van der Waals surface area contributed by atoms with Crippen molar-refractivity contribution in [2.75, 3.05) is 31.3 Å². The Morgan fingerprint density at radius 3 is 2.39 bits per heavy atom. The van der Waals surface area contributed by atoms with Crippen molar-refractivity contribution in [1.82, 2.24) is 14.7 Å². The molecule has 0 aliphatic rings. The lowest BCUT2D eigenvalue weighted by Gasteiger charge is -2.17. The lowest BCUT2D eigenvalue weighted by atomic mass is 10.2. The van der Waals surface area contributed by atoms with Gasteiger partial charge in [-0.3, -0.25) is 4.72 Å². The number of anilines is 1. The van der Waals surface area contributed by atoms with Crippen LogP contribution in [0.5, 0.6) is 23.1 Å². The summed E-state index contributed by atoms with van der Waals surface area (Å²) in [6.07, 6.45) is 1.73. The molecule has 0 aliphatic carbocycles. The number of rotatable bonds is 12. The van der Waals surface area contributed by atoms with Crippen LogP contribution in [0.25, 0.3) is 0 Å². The quantitative estimate of drug-likeness (QED) is 0.258. The molecule has 0 unspecified atom stereocenters. The molecule has 0 amide bonds. The third-order valence-electron chi connectivity index (χ3n) is 4.15. The molecule has 0 spiro atoms. The van der Waals surface area contributed by atoms with E-state index in [9.17, 15) is 13.5 Å². The number of aliphatic hydroxyl groups is 1. The molecule has 3 rings (SSSR count). The smallest absolute Gasteiger partial charge is 0.300 e.